The molecule has 2 fully saturated rings. The number of amides is 3. The van der Waals surface area contributed by atoms with E-state index in [9.17, 15) is 22.8 Å². The van der Waals surface area contributed by atoms with Gasteiger partial charge in [-0.15, -0.1) is 13.2 Å². The summed E-state index contributed by atoms with van der Waals surface area (Å²) < 4.78 is 41.2. The fraction of sp³-hybridized carbons (Fsp3) is 0.240. The first-order chi connectivity index (χ1) is 16.3. The molecule has 2 aromatic carbocycles. The van der Waals surface area contributed by atoms with Gasteiger partial charge in [0.25, 0.3) is 5.91 Å². The number of anilines is 1. The second-order valence-corrected chi connectivity index (χ2v) is 8.39. The molecule has 0 N–H and O–H groups in total. The highest BCUT2D eigenvalue weighted by molar-refractivity contribution is 6.24. The van der Waals surface area contributed by atoms with Crippen LogP contribution in [-0.2, 0) is 17.8 Å². The predicted molar refractivity (Wildman–Crippen MR) is 117 cm³/mol. The Labute approximate surface area is 193 Å². The summed E-state index contributed by atoms with van der Waals surface area (Å²) in [6.45, 7) is 0.237. The molecule has 3 amide bonds. The highest BCUT2D eigenvalue weighted by Gasteiger charge is 2.65. The van der Waals surface area contributed by atoms with Crippen molar-refractivity contribution in [3.8, 4) is 5.75 Å². The minimum Gasteiger partial charge on any atom is -0.406 e. The van der Waals surface area contributed by atoms with Gasteiger partial charge in [-0.3, -0.25) is 9.78 Å². The number of hydrogen-bond donors (Lipinski definition) is 0. The van der Waals surface area contributed by atoms with E-state index in [0.29, 0.717) is 19.3 Å². The van der Waals surface area contributed by atoms with Crippen LogP contribution < -0.4 is 9.64 Å². The van der Waals surface area contributed by atoms with Crippen LogP contribution in [0, 0.1) is 0 Å². The van der Waals surface area contributed by atoms with Crippen LogP contribution in [0.2, 0.25) is 0 Å². The molecule has 1 saturated carbocycles. The second-order valence-electron chi connectivity index (χ2n) is 8.39. The van der Waals surface area contributed by atoms with Gasteiger partial charge >= 0.3 is 12.4 Å². The summed E-state index contributed by atoms with van der Waals surface area (Å²) in [7, 11) is 0. The number of ether oxygens (including phenoxy) is 1. The van der Waals surface area contributed by atoms with E-state index in [1.165, 1.54) is 12.1 Å². The van der Waals surface area contributed by atoms with Gasteiger partial charge in [0.15, 0.2) is 0 Å². The molecule has 1 aromatic heterocycles. The third kappa shape index (κ3) is 4.09. The number of urea groups is 1. The van der Waals surface area contributed by atoms with Crippen LogP contribution in [0.5, 0.6) is 5.75 Å². The fourth-order valence-electron chi connectivity index (χ4n) is 4.32. The molecule has 6 nitrogen and oxygen atoms in total. The van der Waals surface area contributed by atoms with Gasteiger partial charge in [-0.05, 0) is 66.3 Å². The third-order valence-corrected chi connectivity index (χ3v) is 6.16. The number of aromatic nitrogens is 1. The Balaban J connectivity index is 1.39. The van der Waals surface area contributed by atoms with E-state index in [1.54, 1.807) is 17.3 Å². The summed E-state index contributed by atoms with van der Waals surface area (Å²) in [5, 5.41) is 0. The molecule has 1 aliphatic heterocycles. The maximum atomic E-state index is 13.4. The van der Waals surface area contributed by atoms with E-state index >= 15 is 0 Å². The minimum atomic E-state index is -4.82. The number of alkyl halides is 3. The monoisotopic (exact) mass is 467 g/mol. The van der Waals surface area contributed by atoms with Crippen LogP contribution in [-0.4, -0.2) is 33.7 Å². The highest BCUT2D eigenvalue weighted by atomic mass is 19.4. The number of carbonyl (C=O) groups excluding carboxylic acids is 2. The largest absolute Gasteiger partial charge is 0.573 e. The summed E-state index contributed by atoms with van der Waals surface area (Å²) in [6, 6.07) is 16.0. The van der Waals surface area contributed by atoms with Gasteiger partial charge in [0.2, 0.25) is 0 Å². The molecule has 0 bridgehead atoms. The van der Waals surface area contributed by atoms with Crippen molar-refractivity contribution in [2.75, 3.05) is 4.90 Å². The maximum absolute atomic E-state index is 13.4. The van der Waals surface area contributed by atoms with Gasteiger partial charge in [0.1, 0.15) is 11.3 Å². The van der Waals surface area contributed by atoms with Crippen molar-refractivity contribution in [2.24, 2.45) is 0 Å². The van der Waals surface area contributed by atoms with E-state index in [0.717, 1.165) is 33.7 Å². The lowest BCUT2D eigenvalue weighted by Crippen LogP contribution is -2.36. The summed E-state index contributed by atoms with van der Waals surface area (Å²) in [5.41, 5.74) is 2.24. The van der Waals surface area contributed by atoms with Crippen LogP contribution in [0.3, 0.4) is 0 Å². The number of carbonyl (C=O) groups is 2. The molecule has 2 heterocycles. The lowest BCUT2D eigenvalue weighted by atomic mass is 10.0. The first-order valence-electron chi connectivity index (χ1n) is 10.7. The SMILES string of the molecule is O=C1N(c2ccc(OC(F)(F)F)cc2)C(=O)C2(CC2)N1Cc1ccncc1Cc1ccccc1. The quantitative estimate of drug-likeness (QED) is 0.475. The van der Waals surface area contributed by atoms with Crippen molar-refractivity contribution in [3.05, 3.63) is 89.7 Å². The van der Waals surface area contributed by atoms with Crippen molar-refractivity contribution < 1.29 is 27.5 Å². The van der Waals surface area contributed by atoms with Gasteiger partial charge in [-0.2, -0.15) is 0 Å². The molecule has 1 spiro atoms. The van der Waals surface area contributed by atoms with Crippen LogP contribution in [0.1, 0.15) is 29.5 Å². The number of nitrogens with zero attached hydrogens (tertiary/aromatic N) is 3. The molecule has 5 rings (SSSR count). The molecule has 9 heteroatoms. The molecule has 3 aromatic rings. The lowest BCUT2D eigenvalue weighted by molar-refractivity contribution is -0.274. The topological polar surface area (TPSA) is 62.7 Å². The van der Waals surface area contributed by atoms with E-state index < -0.39 is 23.7 Å². The molecule has 0 atom stereocenters. The van der Waals surface area contributed by atoms with E-state index in [1.807, 2.05) is 36.4 Å². The summed E-state index contributed by atoms with van der Waals surface area (Å²) >= 11 is 0. The molecular formula is C25H20F3N3O3. The van der Waals surface area contributed by atoms with E-state index in [4.69, 9.17) is 0 Å². The molecule has 1 aliphatic carbocycles. The second kappa shape index (κ2) is 8.16. The fourth-order valence-corrected chi connectivity index (χ4v) is 4.32. The standard InChI is InChI=1S/C25H20F3N3O3/c26-25(27,28)34-21-8-6-20(7-9-21)31-22(32)24(11-12-24)30(23(31)33)16-18-10-13-29-15-19(18)14-17-4-2-1-3-5-17/h1-10,13,15H,11-12,14,16H2. The van der Waals surface area contributed by atoms with Crippen molar-refractivity contribution in [2.45, 2.75) is 37.7 Å². The number of halogens is 3. The number of rotatable bonds is 6. The number of hydrogen-bond acceptors (Lipinski definition) is 4. The summed E-state index contributed by atoms with van der Waals surface area (Å²) in [5.74, 6) is -0.781. The predicted octanol–water partition coefficient (Wildman–Crippen LogP) is 5.07. The van der Waals surface area contributed by atoms with Gasteiger partial charge in [0, 0.05) is 18.9 Å². The zero-order valence-corrected chi connectivity index (χ0v) is 18.0. The highest BCUT2D eigenvalue weighted by Crippen LogP contribution is 2.50. The Bertz CT molecular complexity index is 1230. The smallest absolute Gasteiger partial charge is 0.406 e. The number of benzene rings is 2. The first kappa shape index (κ1) is 21.9. The molecule has 2 aliphatic rings. The molecule has 174 valence electrons. The van der Waals surface area contributed by atoms with Crippen molar-refractivity contribution in [3.63, 3.8) is 0 Å². The Morgan fingerprint density at radius 3 is 2.29 bits per heavy atom. The van der Waals surface area contributed by atoms with Crippen molar-refractivity contribution >= 4 is 17.6 Å². The van der Waals surface area contributed by atoms with Crippen molar-refractivity contribution in [1.82, 2.24) is 9.88 Å². The third-order valence-electron chi connectivity index (χ3n) is 6.16. The summed E-state index contributed by atoms with van der Waals surface area (Å²) in [4.78, 5) is 33.4. The van der Waals surface area contributed by atoms with Gasteiger partial charge < -0.3 is 9.64 Å². The van der Waals surface area contributed by atoms with Crippen molar-refractivity contribution in [1.29, 1.82) is 0 Å². The minimum absolute atomic E-state index is 0.206. The average Bonchev–Trinajstić information content (AvgIpc) is 3.58. The molecule has 0 radical (unpaired) electrons. The molecule has 34 heavy (non-hydrogen) atoms. The van der Waals surface area contributed by atoms with Crippen LogP contribution in [0.15, 0.2) is 73.1 Å². The molecule has 0 unspecified atom stereocenters. The van der Waals surface area contributed by atoms with Gasteiger partial charge in [-0.25, -0.2) is 9.69 Å². The van der Waals surface area contributed by atoms with Crippen LogP contribution >= 0.6 is 0 Å². The van der Waals surface area contributed by atoms with E-state index in [2.05, 4.69) is 9.72 Å². The molecular weight excluding hydrogens is 447 g/mol. The Kier molecular flexibility index (Phi) is 5.27. The molecule has 1 saturated heterocycles. The normalized spacial score (nSPS) is 16.9. The average molecular weight is 467 g/mol. The first-order valence-corrected chi connectivity index (χ1v) is 10.7. The maximum Gasteiger partial charge on any atom is 0.573 e. The Hall–Kier alpha value is -3.88. The summed E-state index contributed by atoms with van der Waals surface area (Å²) in [6.07, 6.45) is 0.324. The number of pyridine rings is 1. The lowest BCUT2D eigenvalue weighted by Gasteiger charge is -2.22. The Morgan fingerprint density at radius 2 is 1.65 bits per heavy atom. The number of imide groups is 1. The zero-order valence-electron chi connectivity index (χ0n) is 18.0. The van der Waals surface area contributed by atoms with Gasteiger partial charge in [-0.1, -0.05) is 30.3 Å². The zero-order chi connectivity index (χ0) is 23.9. The van der Waals surface area contributed by atoms with Gasteiger partial charge in [0.05, 0.1) is 5.69 Å². The van der Waals surface area contributed by atoms with E-state index in [-0.39, 0.29) is 18.1 Å². The van der Waals surface area contributed by atoms with Crippen LogP contribution in [0.4, 0.5) is 23.7 Å². The van der Waals surface area contributed by atoms with Crippen LogP contribution in [0.25, 0.3) is 0 Å². The Morgan fingerprint density at radius 1 is 0.941 bits per heavy atom.